The number of allylic oxidation sites excluding steroid dienone is 5. The van der Waals surface area contributed by atoms with Crippen LogP contribution >= 0.6 is 0 Å². The van der Waals surface area contributed by atoms with Crippen LogP contribution in [0.25, 0.3) is 28.1 Å². The Morgan fingerprint density at radius 1 is 0.732 bits per heavy atom. The van der Waals surface area contributed by atoms with Crippen molar-refractivity contribution in [3.8, 4) is 35.3 Å². The maximum absolute atomic E-state index is 10.4. The van der Waals surface area contributed by atoms with Crippen molar-refractivity contribution in [2.24, 2.45) is 0 Å². The van der Waals surface area contributed by atoms with Crippen LogP contribution in [0.15, 0.2) is 121 Å². The Bertz CT molecular complexity index is 2110. The van der Waals surface area contributed by atoms with Crippen LogP contribution in [-0.2, 0) is 0 Å². The number of nitrogens with zero attached hydrogens (tertiary/aromatic N) is 5. The highest BCUT2D eigenvalue weighted by Gasteiger charge is 2.39. The van der Waals surface area contributed by atoms with Crippen LogP contribution in [-0.4, -0.2) is 9.55 Å². The first kappa shape index (κ1) is 24.1. The molecule has 0 saturated carbocycles. The standard InChI is InChI=1S/C36H21N5/c1-22-24(19-37)11-7-14-28-27-13-8-12-25(20-38)33(27)32(22)34-26(21-39)17-18-31(35(28)34)41-30-16-6-5-15-29(30)40-36(41)23-9-3-2-4-10-23/h2-18,28,32H,1H2/b14-7-,24-11-. The number of rotatable bonds is 2. The summed E-state index contributed by atoms with van der Waals surface area (Å²) in [6.45, 7) is 4.38. The average molecular weight is 524 g/mol. The molecule has 0 fully saturated rings. The molecule has 1 aromatic heterocycles. The minimum atomic E-state index is -0.539. The Balaban J connectivity index is 1.65. The predicted molar refractivity (Wildman–Crippen MR) is 158 cm³/mol. The Kier molecular flexibility index (Phi) is 5.50. The van der Waals surface area contributed by atoms with E-state index in [1.54, 1.807) is 12.1 Å². The molecule has 0 radical (unpaired) electrons. The van der Waals surface area contributed by atoms with Crippen molar-refractivity contribution in [3.05, 3.63) is 154 Å². The molecule has 5 aromatic rings. The lowest BCUT2D eigenvalue weighted by atomic mass is 9.66. The van der Waals surface area contributed by atoms with Gasteiger partial charge in [0, 0.05) is 17.4 Å². The van der Waals surface area contributed by atoms with Gasteiger partial charge in [0.1, 0.15) is 5.82 Å². The first-order valence-electron chi connectivity index (χ1n) is 13.3. The van der Waals surface area contributed by atoms with E-state index in [1.807, 2.05) is 78.9 Å². The van der Waals surface area contributed by atoms with Gasteiger partial charge in [0.2, 0.25) is 0 Å². The first-order valence-corrected chi connectivity index (χ1v) is 13.3. The molecule has 5 heteroatoms. The van der Waals surface area contributed by atoms with Gasteiger partial charge in [-0.25, -0.2) is 4.98 Å². The van der Waals surface area contributed by atoms with E-state index in [-0.39, 0.29) is 5.92 Å². The summed E-state index contributed by atoms with van der Waals surface area (Å²) >= 11 is 0. The van der Waals surface area contributed by atoms with Gasteiger partial charge >= 0.3 is 0 Å². The molecule has 41 heavy (non-hydrogen) atoms. The predicted octanol–water partition coefficient (Wildman–Crippen LogP) is 7.59. The highest BCUT2D eigenvalue weighted by atomic mass is 15.1. The van der Waals surface area contributed by atoms with Crippen molar-refractivity contribution in [3.63, 3.8) is 0 Å². The Hall–Kier alpha value is -5.96. The molecule has 7 rings (SSSR count). The van der Waals surface area contributed by atoms with Crippen LogP contribution in [0.1, 0.15) is 45.2 Å². The summed E-state index contributed by atoms with van der Waals surface area (Å²) in [5.41, 5.74) is 9.16. The quantitative estimate of drug-likeness (QED) is 0.238. The summed E-state index contributed by atoms with van der Waals surface area (Å²) in [5, 5.41) is 30.6. The molecular weight excluding hydrogens is 502 g/mol. The average Bonchev–Trinajstić information content (AvgIpc) is 3.44. The molecule has 1 heterocycles. The number of para-hydroxylation sites is 2. The van der Waals surface area contributed by atoms with E-state index >= 15 is 0 Å². The molecule has 5 nitrogen and oxygen atoms in total. The van der Waals surface area contributed by atoms with Crippen molar-refractivity contribution >= 4 is 11.0 Å². The SMILES string of the molecule is C=C1/C(C#N)=C\C=C/C2c3cccc(C#N)c3C1c1c(C#N)ccc(-n3c(-c4ccccc4)nc4ccccc43)c12. The molecule has 0 N–H and O–H groups in total. The van der Waals surface area contributed by atoms with Crippen LogP contribution in [0, 0.1) is 34.0 Å². The zero-order chi connectivity index (χ0) is 28.1. The fourth-order valence-corrected chi connectivity index (χ4v) is 6.36. The normalized spacial score (nSPS) is 18.9. The third-order valence-electron chi connectivity index (χ3n) is 8.08. The Morgan fingerprint density at radius 3 is 2.27 bits per heavy atom. The van der Waals surface area contributed by atoms with Crippen LogP contribution < -0.4 is 0 Å². The molecule has 0 spiro atoms. The largest absolute Gasteiger partial charge is 0.292 e. The van der Waals surface area contributed by atoms with Gasteiger partial charge in [0.15, 0.2) is 0 Å². The zero-order valence-corrected chi connectivity index (χ0v) is 21.9. The molecule has 2 unspecified atom stereocenters. The van der Waals surface area contributed by atoms with Gasteiger partial charge in [-0.2, -0.15) is 15.8 Å². The molecule has 2 aliphatic rings. The van der Waals surface area contributed by atoms with E-state index in [9.17, 15) is 15.8 Å². The highest BCUT2D eigenvalue weighted by Crippen LogP contribution is 2.53. The molecule has 2 aliphatic carbocycles. The van der Waals surface area contributed by atoms with Gasteiger partial charge in [0.25, 0.3) is 0 Å². The van der Waals surface area contributed by atoms with Crippen LogP contribution in [0.2, 0.25) is 0 Å². The number of hydrogen-bond acceptors (Lipinski definition) is 4. The fourth-order valence-electron chi connectivity index (χ4n) is 6.36. The third-order valence-corrected chi connectivity index (χ3v) is 8.08. The van der Waals surface area contributed by atoms with E-state index in [4.69, 9.17) is 4.98 Å². The number of benzene rings is 4. The lowest BCUT2D eigenvalue weighted by Gasteiger charge is -2.36. The topological polar surface area (TPSA) is 89.2 Å². The number of hydrogen-bond donors (Lipinski definition) is 0. The summed E-state index contributed by atoms with van der Waals surface area (Å²) in [6, 6.07) is 34.7. The van der Waals surface area contributed by atoms with Crippen molar-refractivity contribution < 1.29 is 0 Å². The van der Waals surface area contributed by atoms with Crippen LogP contribution in [0.5, 0.6) is 0 Å². The molecule has 2 atom stereocenters. The smallest absolute Gasteiger partial charge is 0.145 e. The van der Waals surface area contributed by atoms with E-state index in [0.717, 1.165) is 50.4 Å². The van der Waals surface area contributed by atoms with Gasteiger partial charge < -0.3 is 0 Å². The summed E-state index contributed by atoms with van der Waals surface area (Å²) in [7, 11) is 0. The van der Waals surface area contributed by atoms with Gasteiger partial charge in [-0.15, -0.1) is 0 Å². The zero-order valence-electron chi connectivity index (χ0n) is 21.9. The van der Waals surface area contributed by atoms with E-state index in [2.05, 4.69) is 41.5 Å². The fraction of sp³-hybridized carbons (Fsp3) is 0.0556. The second kappa shape index (κ2) is 9.35. The van der Waals surface area contributed by atoms with Gasteiger partial charge in [0.05, 0.1) is 51.6 Å². The second-order valence-corrected chi connectivity index (χ2v) is 10.1. The molecule has 0 amide bonds. The van der Waals surface area contributed by atoms with Gasteiger partial charge in [-0.3, -0.25) is 4.57 Å². The molecule has 0 saturated heterocycles. The number of nitriles is 3. The monoisotopic (exact) mass is 523 g/mol. The molecule has 2 bridgehead atoms. The van der Waals surface area contributed by atoms with E-state index < -0.39 is 5.92 Å². The summed E-state index contributed by atoms with van der Waals surface area (Å²) < 4.78 is 2.17. The molecular formula is C36H21N5. The summed E-state index contributed by atoms with van der Waals surface area (Å²) in [4.78, 5) is 5.05. The maximum atomic E-state index is 10.4. The van der Waals surface area contributed by atoms with Gasteiger partial charge in [-0.05, 0) is 64.2 Å². The van der Waals surface area contributed by atoms with Crippen molar-refractivity contribution in [1.29, 1.82) is 15.8 Å². The van der Waals surface area contributed by atoms with Crippen LogP contribution in [0.4, 0.5) is 0 Å². The second-order valence-electron chi connectivity index (χ2n) is 10.1. The Labute approximate surface area is 237 Å². The minimum Gasteiger partial charge on any atom is -0.292 e. The van der Waals surface area contributed by atoms with E-state index in [1.165, 1.54) is 0 Å². The number of aromatic nitrogens is 2. The van der Waals surface area contributed by atoms with Crippen LogP contribution in [0.3, 0.4) is 0 Å². The lowest BCUT2D eigenvalue weighted by molar-refractivity contribution is 0.821. The van der Waals surface area contributed by atoms with Crippen molar-refractivity contribution in [2.45, 2.75) is 11.8 Å². The van der Waals surface area contributed by atoms with Crippen molar-refractivity contribution in [1.82, 2.24) is 9.55 Å². The molecule has 4 aromatic carbocycles. The van der Waals surface area contributed by atoms with Gasteiger partial charge in [-0.1, -0.05) is 73.3 Å². The van der Waals surface area contributed by atoms with Crippen molar-refractivity contribution in [2.75, 3.05) is 0 Å². The maximum Gasteiger partial charge on any atom is 0.145 e. The third kappa shape index (κ3) is 3.49. The minimum absolute atomic E-state index is 0.278. The summed E-state index contributed by atoms with van der Waals surface area (Å²) in [5.74, 6) is -0.0266. The highest BCUT2D eigenvalue weighted by molar-refractivity contribution is 5.85. The summed E-state index contributed by atoms with van der Waals surface area (Å²) in [6.07, 6.45) is 5.72. The number of fused-ring (bicyclic) bond motifs is 4. The lowest BCUT2D eigenvalue weighted by Crippen LogP contribution is -2.23. The van der Waals surface area contributed by atoms with E-state index in [0.29, 0.717) is 22.3 Å². The Morgan fingerprint density at radius 2 is 1.49 bits per heavy atom. The molecule has 0 aliphatic heterocycles. The first-order chi connectivity index (χ1) is 20.2. The number of imidazole rings is 1. The molecule has 190 valence electrons.